The zero-order chi connectivity index (χ0) is 17.2. The first-order valence-corrected chi connectivity index (χ1v) is 8.99. The highest BCUT2D eigenvalue weighted by molar-refractivity contribution is 5.84. The molecule has 0 amide bonds. The Balaban J connectivity index is 1.85. The molecule has 0 aliphatic heterocycles. The maximum absolute atomic E-state index is 4.88. The molecule has 0 N–H and O–H groups in total. The topological polar surface area (TPSA) is 16.8 Å². The lowest BCUT2D eigenvalue weighted by molar-refractivity contribution is -0.672. The minimum atomic E-state index is 0.689. The first-order valence-electron chi connectivity index (χ1n) is 8.99. The molecule has 4 rings (SSSR count). The van der Waals surface area contributed by atoms with Crippen LogP contribution in [0.25, 0.3) is 33.1 Å². The summed E-state index contributed by atoms with van der Waals surface area (Å²) in [6.45, 7) is 5.58. The van der Waals surface area contributed by atoms with Gasteiger partial charge in [0.15, 0.2) is 6.20 Å². The van der Waals surface area contributed by atoms with Gasteiger partial charge in [0.05, 0.1) is 16.8 Å². The maximum Gasteiger partial charge on any atom is 0.212 e. The Morgan fingerprint density at radius 1 is 0.880 bits per heavy atom. The number of aromatic nitrogens is 2. The molecule has 0 aliphatic carbocycles. The third-order valence-electron chi connectivity index (χ3n) is 4.69. The van der Waals surface area contributed by atoms with Crippen molar-refractivity contribution >= 4 is 21.8 Å². The Labute approximate surface area is 148 Å². The Morgan fingerprint density at radius 3 is 2.48 bits per heavy atom. The van der Waals surface area contributed by atoms with Crippen molar-refractivity contribution in [1.82, 2.24) is 4.98 Å². The number of para-hydroxylation sites is 2. The fraction of sp³-hybridized carbons (Fsp3) is 0.217. The van der Waals surface area contributed by atoms with Crippen LogP contribution in [0.2, 0.25) is 0 Å². The summed E-state index contributed by atoms with van der Waals surface area (Å²) in [4.78, 5) is 4.88. The van der Waals surface area contributed by atoms with Crippen LogP contribution in [0.15, 0.2) is 72.9 Å². The summed E-state index contributed by atoms with van der Waals surface area (Å²) in [5.41, 5.74) is 4.53. The van der Waals surface area contributed by atoms with Gasteiger partial charge in [-0.15, -0.1) is 0 Å². The number of benzene rings is 2. The second-order valence-electron chi connectivity index (χ2n) is 7.05. The lowest BCUT2D eigenvalue weighted by Crippen LogP contribution is -2.35. The van der Waals surface area contributed by atoms with Crippen molar-refractivity contribution in [3.05, 3.63) is 72.9 Å². The molecule has 2 heteroatoms. The van der Waals surface area contributed by atoms with E-state index in [1.165, 1.54) is 28.3 Å². The molecule has 0 saturated carbocycles. The molecular formula is C23H23N2+. The predicted molar refractivity (Wildman–Crippen MR) is 104 cm³/mol. The van der Waals surface area contributed by atoms with Crippen LogP contribution in [0.3, 0.4) is 0 Å². The van der Waals surface area contributed by atoms with Crippen LogP contribution in [-0.4, -0.2) is 4.98 Å². The minimum Gasteiger partial charge on any atom is -0.248 e. The predicted octanol–water partition coefficient (Wildman–Crippen LogP) is 5.39. The van der Waals surface area contributed by atoms with Crippen molar-refractivity contribution in [3.63, 3.8) is 0 Å². The van der Waals surface area contributed by atoms with Crippen molar-refractivity contribution in [3.8, 4) is 11.3 Å². The summed E-state index contributed by atoms with van der Waals surface area (Å²) < 4.78 is 2.38. The standard InChI is InChI=1S/C23H23N2/c1-17(2)13-14-25-16-20(15-19-8-4-6-10-23(19)25)22-12-11-18-7-3-5-9-21(18)24-22/h3-12,15-17H,13-14H2,1-2H3/q+1. The molecule has 0 aliphatic rings. The molecule has 0 atom stereocenters. The Hall–Kier alpha value is -2.74. The van der Waals surface area contributed by atoms with Crippen molar-refractivity contribution in [2.24, 2.45) is 5.92 Å². The average molecular weight is 327 g/mol. The Bertz CT molecular complexity index is 1030. The monoisotopic (exact) mass is 327 g/mol. The molecule has 25 heavy (non-hydrogen) atoms. The lowest BCUT2D eigenvalue weighted by Gasteiger charge is -2.07. The Morgan fingerprint density at radius 2 is 1.64 bits per heavy atom. The molecule has 4 aromatic rings. The number of pyridine rings is 2. The van der Waals surface area contributed by atoms with Gasteiger partial charge in [-0.25, -0.2) is 4.98 Å². The van der Waals surface area contributed by atoms with Crippen LogP contribution in [0.1, 0.15) is 20.3 Å². The summed E-state index contributed by atoms with van der Waals surface area (Å²) in [6.07, 6.45) is 3.42. The maximum atomic E-state index is 4.88. The number of hydrogen-bond acceptors (Lipinski definition) is 1. The van der Waals surface area contributed by atoms with Gasteiger partial charge in [0.1, 0.15) is 6.54 Å². The van der Waals surface area contributed by atoms with Gasteiger partial charge in [0.2, 0.25) is 5.52 Å². The van der Waals surface area contributed by atoms with Gasteiger partial charge in [-0.2, -0.15) is 4.57 Å². The van der Waals surface area contributed by atoms with E-state index in [0.717, 1.165) is 17.8 Å². The van der Waals surface area contributed by atoms with Crippen LogP contribution < -0.4 is 4.57 Å². The van der Waals surface area contributed by atoms with Crippen LogP contribution in [-0.2, 0) is 6.54 Å². The smallest absolute Gasteiger partial charge is 0.212 e. The fourth-order valence-electron chi connectivity index (χ4n) is 3.26. The molecule has 2 aromatic carbocycles. The largest absolute Gasteiger partial charge is 0.248 e. The van der Waals surface area contributed by atoms with E-state index >= 15 is 0 Å². The summed E-state index contributed by atoms with van der Waals surface area (Å²) >= 11 is 0. The van der Waals surface area contributed by atoms with E-state index in [1.807, 2.05) is 6.07 Å². The molecule has 0 bridgehead atoms. The normalized spacial score (nSPS) is 11.5. The first-order chi connectivity index (χ1) is 12.2. The third kappa shape index (κ3) is 3.25. The molecule has 0 fully saturated rings. The van der Waals surface area contributed by atoms with E-state index in [-0.39, 0.29) is 0 Å². The summed E-state index contributed by atoms with van der Waals surface area (Å²) in [6, 6.07) is 23.4. The number of aryl methyl sites for hydroxylation is 1. The van der Waals surface area contributed by atoms with E-state index in [2.05, 4.69) is 85.3 Å². The van der Waals surface area contributed by atoms with Gasteiger partial charge >= 0.3 is 0 Å². The van der Waals surface area contributed by atoms with Crippen LogP contribution in [0.4, 0.5) is 0 Å². The average Bonchev–Trinajstić information content (AvgIpc) is 2.65. The van der Waals surface area contributed by atoms with Gasteiger partial charge < -0.3 is 0 Å². The number of fused-ring (bicyclic) bond motifs is 2. The molecule has 2 heterocycles. The van der Waals surface area contributed by atoms with Crippen molar-refractivity contribution in [1.29, 1.82) is 0 Å². The van der Waals surface area contributed by atoms with Crippen molar-refractivity contribution < 1.29 is 4.57 Å². The third-order valence-corrected chi connectivity index (χ3v) is 4.69. The molecule has 2 nitrogen and oxygen atoms in total. The summed E-state index contributed by atoms with van der Waals surface area (Å²) in [5.74, 6) is 0.689. The highest BCUT2D eigenvalue weighted by Gasteiger charge is 2.14. The van der Waals surface area contributed by atoms with E-state index in [9.17, 15) is 0 Å². The lowest BCUT2D eigenvalue weighted by atomic mass is 10.1. The van der Waals surface area contributed by atoms with E-state index < -0.39 is 0 Å². The van der Waals surface area contributed by atoms with Gasteiger partial charge in [-0.3, -0.25) is 0 Å². The van der Waals surface area contributed by atoms with Crippen LogP contribution in [0.5, 0.6) is 0 Å². The summed E-state index contributed by atoms with van der Waals surface area (Å²) in [5, 5.41) is 2.44. The quantitative estimate of drug-likeness (QED) is 0.459. The van der Waals surface area contributed by atoms with E-state index in [0.29, 0.717) is 5.92 Å². The van der Waals surface area contributed by atoms with E-state index in [1.54, 1.807) is 0 Å². The molecule has 0 saturated heterocycles. The number of nitrogens with zero attached hydrogens (tertiary/aromatic N) is 2. The van der Waals surface area contributed by atoms with E-state index in [4.69, 9.17) is 4.98 Å². The molecule has 124 valence electrons. The van der Waals surface area contributed by atoms with Crippen molar-refractivity contribution in [2.45, 2.75) is 26.8 Å². The molecule has 0 unspecified atom stereocenters. The number of hydrogen-bond donors (Lipinski definition) is 0. The second kappa shape index (κ2) is 6.64. The molecule has 0 radical (unpaired) electrons. The van der Waals surface area contributed by atoms with Gasteiger partial charge in [0.25, 0.3) is 0 Å². The Kier molecular flexibility index (Phi) is 4.19. The minimum absolute atomic E-state index is 0.689. The van der Waals surface area contributed by atoms with Crippen LogP contribution in [0, 0.1) is 5.92 Å². The zero-order valence-electron chi connectivity index (χ0n) is 14.8. The zero-order valence-corrected chi connectivity index (χ0v) is 14.8. The first kappa shape index (κ1) is 15.8. The van der Waals surface area contributed by atoms with Gasteiger partial charge in [-0.1, -0.05) is 50.2 Å². The number of rotatable bonds is 4. The van der Waals surface area contributed by atoms with Gasteiger partial charge in [0, 0.05) is 23.3 Å². The second-order valence-corrected chi connectivity index (χ2v) is 7.05. The van der Waals surface area contributed by atoms with Gasteiger partial charge in [-0.05, 0) is 30.2 Å². The highest BCUT2D eigenvalue weighted by Crippen LogP contribution is 2.23. The summed E-state index contributed by atoms with van der Waals surface area (Å²) in [7, 11) is 0. The molecule has 2 aromatic heterocycles. The highest BCUT2D eigenvalue weighted by atomic mass is 14.9. The SMILES string of the molecule is CC(C)CC[n+]1cc(-c2ccc3ccccc3n2)cc2ccccc21. The van der Waals surface area contributed by atoms with Crippen LogP contribution >= 0.6 is 0 Å². The fourth-order valence-corrected chi connectivity index (χ4v) is 3.26. The van der Waals surface area contributed by atoms with Crippen molar-refractivity contribution in [2.75, 3.05) is 0 Å². The molecule has 0 spiro atoms. The molecular weight excluding hydrogens is 304 g/mol.